The van der Waals surface area contributed by atoms with E-state index in [0.29, 0.717) is 18.9 Å². The number of aliphatic hydroxyl groups excluding tert-OH is 1. The normalized spacial score (nSPS) is 23.1. The summed E-state index contributed by atoms with van der Waals surface area (Å²) in [4.78, 5) is 8.47. The van der Waals surface area contributed by atoms with Crippen LogP contribution in [-0.2, 0) is 11.3 Å². The highest BCUT2D eigenvalue weighted by molar-refractivity contribution is 6.13. The van der Waals surface area contributed by atoms with Crippen LogP contribution in [0.4, 0.5) is 0 Å². The van der Waals surface area contributed by atoms with Gasteiger partial charge in [-0.25, -0.2) is 14.4 Å². The van der Waals surface area contributed by atoms with Crippen LogP contribution in [0.15, 0.2) is 42.7 Å². The Morgan fingerprint density at radius 3 is 2.71 bits per heavy atom. The van der Waals surface area contributed by atoms with Gasteiger partial charge in [-0.15, -0.1) is 0 Å². The second-order valence-corrected chi connectivity index (χ2v) is 5.43. The fourth-order valence-corrected chi connectivity index (χ4v) is 2.66. The molecule has 2 atom stereocenters. The van der Waals surface area contributed by atoms with Crippen LogP contribution in [0.1, 0.15) is 29.2 Å². The Morgan fingerprint density at radius 2 is 1.95 bits per heavy atom. The zero-order valence-corrected chi connectivity index (χ0v) is 12.1. The van der Waals surface area contributed by atoms with E-state index in [0.717, 1.165) is 11.1 Å². The minimum atomic E-state index is -0.264. The molecule has 0 radical (unpaired) electrons. The number of aliphatic hydroxyl groups is 1. The summed E-state index contributed by atoms with van der Waals surface area (Å²) in [7, 11) is 0. The van der Waals surface area contributed by atoms with Gasteiger partial charge in [0.25, 0.3) is 0 Å². The lowest BCUT2D eigenvalue weighted by atomic mass is 10.0. The summed E-state index contributed by atoms with van der Waals surface area (Å²) in [5.41, 5.74) is 1.85. The average Bonchev–Trinajstić information content (AvgIpc) is 2.55. The topological polar surface area (TPSA) is 58.5 Å². The Hall–Kier alpha value is -1.53. The molecule has 6 heteroatoms. The van der Waals surface area contributed by atoms with E-state index >= 15 is 0 Å². The second kappa shape index (κ2) is 6.49. The standard InChI is InChI=1S/C15H16ClN3O2/c16-19-8-13(12-4-1-3-11(7-12)10-20)21-14(9-19)15-17-5-2-6-18-15/h1-7,13-14,20H,8-10H2. The van der Waals surface area contributed by atoms with Crippen LogP contribution < -0.4 is 0 Å². The smallest absolute Gasteiger partial charge is 0.158 e. The molecule has 110 valence electrons. The van der Waals surface area contributed by atoms with Gasteiger partial charge in [0, 0.05) is 25.5 Å². The molecule has 0 bridgehead atoms. The SMILES string of the molecule is OCc1cccc(C2CN(Cl)CC(c3ncccn3)O2)c1. The highest BCUT2D eigenvalue weighted by atomic mass is 35.5. The summed E-state index contributed by atoms with van der Waals surface area (Å²) in [5.74, 6) is 0.631. The van der Waals surface area contributed by atoms with Crippen molar-refractivity contribution in [3.05, 3.63) is 59.7 Å². The summed E-state index contributed by atoms with van der Waals surface area (Å²) >= 11 is 6.23. The molecule has 0 aliphatic carbocycles. The summed E-state index contributed by atoms with van der Waals surface area (Å²) in [6, 6.07) is 9.47. The minimum absolute atomic E-state index is 0.0103. The van der Waals surface area contributed by atoms with Crippen LogP contribution in [0.5, 0.6) is 0 Å². The molecule has 1 aliphatic heterocycles. The highest BCUT2D eigenvalue weighted by Gasteiger charge is 2.30. The van der Waals surface area contributed by atoms with Crippen LogP contribution in [0.25, 0.3) is 0 Å². The molecule has 2 unspecified atom stereocenters. The van der Waals surface area contributed by atoms with Gasteiger partial charge >= 0.3 is 0 Å². The number of rotatable bonds is 3. The minimum Gasteiger partial charge on any atom is -0.392 e. The van der Waals surface area contributed by atoms with E-state index in [1.54, 1.807) is 22.9 Å². The van der Waals surface area contributed by atoms with Crippen molar-refractivity contribution in [1.82, 2.24) is 14.4 Å². The van der Waals surface area contributed by atoms with Crippen molar-refractivity contribution < 1.29 is 9.84 Å². The number of halogens is 1. The third-order valence-electron chi connectivity index (χ3n) is 3.44. The summed E-state index contributed by atoms with van der Waals surface area (Å²) in [6.07, 6.45) is 2.96. The van der Waals surface area contributed by atoms with Crippen molar-refractivity contribution in [2.24, 2.45) is 0 Å². The van der Waals surface area contributed by atoms with Crippen LogP contribution in [-0.4, -0.2) is 32.6 Å². The fourth-order valence-electron chi connectivity index (χ4n) is 2.41. The van der Waals surface area contributed by atoms with E-state index in [2.05, 4.69) is 9.97 Å². The maximum atomic E-state index is 9.25. The maximum absolute atomic E-state index is 9.25. The van der Waals surface area contributed by atoms with Gasteiger partial charge in [-0.3, -0.25) is 0 Å². The molecule has 1 aromatic heterocycles. The molecule has 0 spiro atoms. The predicted molar refractivity (Wildman–Crippen MR) is 78.4 cm³/mol. The molecular formula is C15H16ClN3O2. The number of nitrogens with zero attached hydrogens (tertiary/aromatic N) is 3. The van der Waals surface area contributed by atoms with Gasteiger partial charge in [0.05, 0.1) is 12.7 Å². The van der Waals surface area contributed by atoms with Crippen molar-refractivity contribution in [2.45, 2.75) is 18.8 Å². The first-order valence-corrected chi connectivity index (χ1v) is 7.13. The van der Waals surface area contributed by atoms with Gasteiger partial charge in [-0.1, -0.05) is 24.3 Å². The Labute approximate surface area is 128 Å². The van der Waals surface area contributed by atoms with E-state index < -0.39 is 0 Å². The Morgan fingerprint density at radius 1 is 1.19 bits per heavy atom. The van der Waals surface area contributed by atoms with Gasteiger partial charge in [-0.05, 0) is 29.0 Å². The number of ether oxygens (including phenoxy) is 1. The van der Waals surface area contributed by atoms with E-state index in [1.807, 2.05) is 24.3 Å². The lowest BCUT2D eigenvalue weighted by molar-refractivity contribution is -0.0709. The Bertz CT molecular complexity index is 596. The molecule has 0 amide bonds. The van der Waals surface area contributed by atoms with E-state index in [-0.39, 0.29) is 18.8 Å². The summed E-state index contributed by atoms with van der Waals surface area (Å²) < 4.78 is 7.79. The molecule has 1 fully saturated rings. The molecular weight excluding hydrogens is 290 g/mol. The third kappa shape index (κ3) is 3.39. The van der Waals surface area contributed by atoms with Crippen molar-refractivity contribution in [2.75, 3.05) is 13.1 Å². The first kappa shape index (κ1) is 14.4. The quantitative estimate of drug-likeness (QED) is 0.881. The Balaban J connectivity index is 1.82. The number of hydrogen-bond donors (Lipinski definition) is 1. The number of hydrogen-bond acceptors (Lipinski definition) is 5. The monoisotopic (exact) mass is 305 g/mol. The number of morpholine rings is 1. The van der Waals surface area contributed by atoms with E-state index in [9.17, 15) is 5.11 Å². The molecule has 1 saturated heterocycles. The first-order valence-electron chi connectivity index (χ1n) is 6.79. The van der Waals surface area contributed by atoms with Crippen LogP contribution in [0, 0.1) is 0 Å². The molecule has 1 aliphatic rings. The zero-order chi connectivity index (χ0) is 14.7. The lowest BCUT2D eigenvalue weighted by Crippen LogP contribution is -2.35. The summed E-state index contributed by atoms with van der Waals surface area (Å²) in [5, 5.41) is 9.25. The number of aromatic nitrogens is 2. The predicted octanol–water partition coefficient (Wildman–Crippen LogP) is 2.24. The van der Waals surface area contributed by atoms with Crippen molar-refractivity contribution >= 4 is 11.8 Å². The average molecular weight is 306 g/mol. The number of benzene rings is 1. The maximum Gasteiger partial charge on any atom is 0.158 e. The first-order chi connectivity index (χ1) is 10.3. The van der Waals surface area contributed by atoms with Gasteiger partial charge in [-0.2, -0.15) is 0 Å². The van der Waals surface area contributed by atoms with Crippen molar-refractivity contribution in [1.29, 1.82) is 0 Å². The zero-order valence-electron chi connectivity index (χ0n) is 11.4. The Kier molecular flexibility index (Phi) is 4.45. The van der Waals surface area contributed by atoms with Crippen LogP contribution in [0.2, 0.25) is 0 Å². The third-order valence-corrected chi connectivity index (χ3v) is 3.71. The molecule has 1 aromatic carbocycles. The molecule has 2 heterocycles. The van der Waals surface area contributed by atoms with Gasteiger partial charge in [0.1, 0.15) is 6.10 Å². The molecule has 5 nitrogen and oxygen atoms in total. The van der Waals surface area contributed by atoms with Crippen molar-refractivity contribution in [3.63, 3.8) is 0 Å². The molecule has 1 N–H and O–H groups in total. The van der Waals surface area contributed by atoms with Crippen molar-refractivity contribution in [3.8, 4) is 0 Å². The second-order valence-electron chi connectivity index (χ2n) is 4.95. The molecule has 21 heavy (non-hydrogen) atoms. The van der Waals surface area contributed by atoms with Crippen LogP contribution in [0.3, 0.4) is 0 Å². The fraction of sp³-hybridized carbons (Fsp3) is 0.333. The van der Waals surface area contributed by atoms with Gasteiger partial charge < -0.3 is 9.84 Å². The lowest BCUT2D eigenvalue weighted by Gasteiger charge is -2.34. The van der Waals surface area contributed by atoms with Gasteiger partial charge in [0.15, 0.2) is 5.82 Å². The molecule has 0 saturated carbocycles. The molecule has 3 rings (SSSR count). The van der Waals surface area contributed by atoms with Crippen LogP contribution >= 0.6 is 11.8 Å². The van der Waals surface area contributed by atoms with Gasteiger partial charge in [0.2, 0.25) is 0 Å². The van der Waals surface area contributed by atoms with E-state index in [1.165, 1.54) is 0 Å². The molecule has 2 aromatic rings. The largest absolute Gasteiger partial charge is 0.392 e. The summed E-state index contributed by atoms with van der Waals surface area (Å²) in [6.45, 7) is 1.14. The van der Waals surface area contributed by atoms with E-state index in [4.69, 9.17) is 16.5 Å². The highest BCUT2D eigenvalue weighted by Crippen LogP contribution is 2.32.